The van der Waals surface area contributed by atoms with Crippen LogP contribution in [-0.2, 0) is 22.4 Å². The van der Waals surface area contributed by atoms with E-state index in [0.717, 1.165) is 57.1 Å². The number of carboxylic acid groups (broad SMARTS) is 1. The Labute approximate surface area is 244 Å². The minimum absolute atomic E-state index is 0.219. The van der Waals surface area contributed by atoms with Gasteiger partial charge in [0.05, 0.1) is 25.7 Å². The van der Waals surface area contributed by atoms with E-state index in [-0.39, 0.29) is 18.4 Å². The second kappa shape index (κ2) is 11.9. The monoisotopic (exact) mass is 563 g/mol. The van der Waals surface area contributed by atoms with Crippen LogP contribution in [0.25, 0.3) is 21.7 Å². The summed E-state index contributed by atoms with van der Waals surface area (Å²) < 4.78 is 13.6. The number of aryl methyl sites for hydroxylation is 1. The first kappa shape index (κ1) is 27.3. The molecule has 1 aliphatic rings. The van der Waals surface area contributed by atoms with Gasteiger partial charge in [-0.05, 0) is 72.0 Å². The number of esters is 1. The molecule has 3 heterocycles. The zero-order valence-corrected chi connectivity index (χ0v) is 23.5. The fourth-order valence-corrected chi connectivity index (χ4v) is 5.86. The highest BCUT2D eigenvalue weighted by molar-refractivity contribution is 5.88. The average Bonchev–Trinajstić information content (AvgIpc) is 3.42. The van der Waals surface area contributed by atoms with Crippen LogP contribution in [0.2, 0.25) is 0 Å². The van der Waals surface area contributed by atoms with Gasteiger partial charge in [-0.15, -0.1) is 0 Å². The molecule has 0 saturated carbocycles. The van der Waals surface area contributed by atoms with Gasteiger partial charge in [0, 0.05) is 35.8 Å². The Kier molecular flexibility index (Phi) is 7.77. The summed E-state index contributed by atoms with van der Waals surface area (Å²) in [6, 6.07) is 26.1. The molecule has 0 aliphatic carbocycles. The van der Waals surface area contributed by atoms with Crippen LogP contribution in [0, 0.1) is 0 Å². The number of anilines is 1. The lowest BCUT2D eigenvalue weighted by Gasteiger charge is -2.26. The number of hydrogen-bond donors (Lipinski definition) is 1. The zero-order valence-electron chi connectivity index (χ0n) is 23.5. The molecule has 8 heteroatoms. The standard InChI is InChI=1S/C34H33N3O5/c1-2-41-32(38)22-31(29-11-5-8-23-7-3-4-10-28(23)29)36-19-16-25-21-27(14-15-30(25)36)42-20-17-26-13-12-24-9-6-18-37(34(39)40)33(24)35-26/h3-5,7-8,10-16,19,21,31H,2,6,9,17-18,20,22H2,1H3,(H,39,40). The van der Waals surface area contributed by atoms with Gasteiger partial charge in [-0.1, -0.05) is 48.5 Å². The van der Waals surface area contributed by atoms with Gasteiger partial charge in [-0.2, -0.15) is 0 Å². The first-order valence-electron chi connectivity index (χ1n) is 14.4. The lowest BCUT2D eigenvalue weighted by molar-refractivity contribution is -0.143. The minimum atomic E-state index is -0.970. The van der Waals surface area contributed by atoms with E-state index in [0.29, 0.717) is 32.0 Å². The van der Waals surface area contributed by atoms with E-state index in [4.69, 9.17) is 9.47 Å². The summed E-state index contributed by atoms with van der Waals surface area (Å²) >= 11 is 0. The summed E-state index contributed by atoms with van der Waals surface area (Å²) in [6.07, 6.45) is 3.47. The molecular formula is C34H33N3O5. The molecule has 5 aromatic rings. The Morgan fingerprint density at radius 1 is 1.00 bits per heavy atom. The number of benzene rings is 3. The van der Waals surface area contributed by atoms with Crippen molar-refractivity contribution in [3.8, 4) is 5.75 Å². The molecule has 0 spiro atoms. The van der Waals surface area contributed by atoms with Gasteiger partial charge in [0.2, 0.25) is 0 Å². The molecule has 3 aromatic carbocycles. The summed E-state index contributed by atoms with van der Waals surface area (Å²) in [5, 5.41) is 12.8. The van der Waals surface area contributed by atoms with Gasteiger partial charge in [-0.25, -0.2) is 9.78 Å². The highest BCUT2D eigenvalue weighted by Gasteiger charge is 2.24. The summed E-state index contributed by atoms with van der Waals surface area (Å²) in [6.45, 7) is 3.04. The fraction of sp³-hybridized carbons (Fsp3) is 0.265. The SMILES string of the molecule is CCOC(=O)CC(c1cccc2ccccc12)n1ccc2cc(OCCc3ccc4c(n3)N(C(=O)O)CCC4)ccc21. The third-order valence-corrected chi connectivity index (χ3v) is 7.83. The summed E-state index contributed by atoms with van der Waals surface area (Å²) in [5.41, 5.74) is 3.83. The van der Waals surface area contributed by atoms with Crippen molar-refractivity contribution in [3.63, 3.8) is 0 Å². The van der Waals surface area contributed by atoms with Crippen molar-refractivity contribution in [3.05, 3.63) is 102 Å². The van der Waals surface area contributed by atoms with Crippen molar-refractivity contribution in [1.29, 1.82) is 0 Å². The molecule has 0 radical (unpaired) electrons. The number of carbonyl (C=O) groups is 2. The van der Waals surface area contributed by atoms with Gasteiger partial charge in [0.1, 0.15) is 11.6 Å². The maximum absolute atomic E-state index is 12.7. The number of pyridine rings is 1. The Balaban J connectivity index is 1.22. The second-order valence-electron chi connectivity index (χ2n) is 10.5. The first-order chi connectivity index (χ1) is 20.5. The van der Waals surface area contributed by atoms with Crippen LogP contribution >= 0.6 is 0 Å². The van der Waals surface area contributed by atoms with E-state index in [1.54, 1.807) is 0 Å². The molecular weight excluding hydrogens is 530 g/mol. The Morgan fingerprint density at radius 3 is 2.71 bits per heavy atom. The molecule has 42 heavy (non-hydrogen) atoms. The number of carbonyl (C=O) groups excluding carboxylic acids is 1. The van der Waals surface area contributed by atoms with Gasteiger partial charge < -0.3 is 19.1 Å². The van der Waals surface area contributed by atoms with Crippen LogP contribution in [0.5, 0.6) is 5.75 Å². The summed E-state index contributed by atoms with van der Waals surface area (Å²) in [5.74, 6) is 1.04. The summed E-state index contributed by atoms with van der Waals surface area (Å²) in [7, 11) is 0. The molecule has 0 fully saturated rings. The highest BCUT2D eigenvalue weighted by atomic mass is 16.5. The third kappa shape index (κ3) is 5.52. The van der Waals surface area contributed by atoms with E-state index in [1.807, 2.05) is 67.7 Å². The molecule has 0 bridgehead atoms. The van der Waals surface area contributed by atoms with Gasteiger partial charge >= 0.3 is 12.1 Å². The maximum atomic E-state index is 12.7. The van der Waals surface area contributed by atoms with Gasteiger partial charge in [0.25, 0.3) is 0 Å². The Hall–Kier alpha value is -4.85. The average molecular weight is 564 g/mol. The van der Waals surface area contributed by atoms with E-state index >= 15 is 0 Å². The highest BCUT2D eigenvalue weighted by Crippen LogP contribution is 2.34. The third-order valence-electron chi connectivity index (χ3n) is 7.83. The quantitative estimate of drug-likeness (QED) is 0.199. The zero-order chi connectivity index (χ0) is 29.1. The van der Waals surface area contributed by atoms with Crippen LogP contribution in [0.4, 0.5) is 10.6 Å². The van der Waals surface area contributed by atoms with Crippen molar-refractivity contribution >= 4 is 39.6 Å². The lowest BCUT2D eigenvalue weighted by Crippen LogP contribution is -2.35. The van der Waals surface area contributed by atoms with E-state index in [9.17, 15) is 14.7 Å². The number of fused-ring (bicyclic) bond motifs is 3. The number of aromatic nitrogens is 2. The van der Waals surface area contributed by atoms with E-state index < -0.39 is 6.09 Å². The number of ether oxygens (including phenoxy) is 2. The molecule has 0 saturated heterocycles. The van der Waals surface area contributed by atoms with Gasteiger partial charge in [-0.3, -0.25) is 9.69 Å². The lowest BCUT2D eigenvalue weighted by atomic mass is 9.96. The Morgan fingerprint density at radius 2 is 1.86 bits per heavy atom. The molecule has 214 valence electrons. The van der Waals surface area contributed by atoms with Crippen LogP contribution < -0.4 is 9.64 Å². The topological polar surface area (TPSA) is 93.9 Å². The molecule has 1 unspecified atom stereocenters. The number of amides is 1. The normalized spacial score (nSPS) is 13.6. The van der Waals surface area contributed by atoms with Crippen molar-refractivity contribution in [2.45, 2.75) is 38.6 Å². The predicted octanol–water partition coefficient (Wildman–Crippen LogP) is 6.78. The minimum Gasteiger partial charge on any atom is -0.493 e. The molecule has 6 rings (SSSR count). The number of nitrogens with zero attached hydrogens (tertiary/aromatic N) is 3. The molecule has 2 aromatic heterocycles. The second-order valence-corrected chi connectivity index (χ2v) is 10.5. The largest absolute Gasteiger partial charge is 0.493 e. The van der Waals surface area contributed by atoms with Crippen LogP contribution in [0.3, 0.4) is 0 Å². The predicted molar refractivity (Wildman–Crippen MR) is 162 cm³/mol. The van der Waals surface area contributed by atoms with Crippen LogP contribution in [0.1, 0.15) is 42.6 Å². The number of hydrogen-bond acceptors (Lipinski definition) is 5. The van der Waals surface area contributed by atoms with E-state index in [1.165, 1.54) is 4.90 Å². The number of rotatable bonds is 9. The Bertz CT molecular complexity index is 1760. The molecule has 1 amide bonds. The van der Waals surface area contributed by atoms with Gasteiger partial charge in [0.15, 0.2) is 0 Å². The maximum Gasteiger partial charge on any atom is 0.413 e. The van der Waals surface area contributed by atoms with Crippen LogP contribution in [-0.4, -0.2) is 46.5 Å². The molecule has 1 atom stereocenters. The molecule has 8 nitrogen and oxygen atoms in total. The fourth-order valence-electron chi connectivity index (χ4n) is 5.86. The van der Waals surface area contributed by atoms with Crippen molar-refractivity contribution in [2.75, 3.05) is 24.7 Å². The first-order valence-corrected chi connectivity index (χ1v) is 14.4. The van der Waals surface area contributed by atoms with E-state index in [2.05, 4.69) is 33.8 Å². The van der Waals surface area contributed by atoms with Crippen LogP contribution in [0.15, 0.2) is 85.1 Å². The van der Waals surface area contributed by atoms with Crippen molar-refractivity contribution < 1.29 is 24.2 Å². The van der Waals surface area contributed by atoms with Crippen molar-refractivity contribution in [2.24, 2.45) is 0 Å². The van der Waals surface area contributed by atoms with Crippen molar-refractivity contribution in [1.82, 2.24) is 9.55 Å². The molecule has 1 aliphatic heterocycles. The molecule has 1 N–H and O–H groups in total. The summed E-state index contributed by atoms with van der Waals surface area (Å²) in [4.78, 5) is 30.3. The smallest absolute Gasteiger partial charge is 0.413 e.